The highest BCUT2D eigenvalue weighted by atomic mass is 16.6. The fourth-order valence-electron chi connectivity index (χ4n) is 4.13. The smallest absolute Gasteiger partial charge is 0.408 e. The van der Waals surface area contributed by atoms with E-state index < -0.39 is 35.7 Å². The van der Waals surface area contributed by atoms with Crippen molar-refractivity contribution in [3.05, 3.63) is 35.4 Å². The van der Waals surface area contributed by atoms with Crippen molar-refractivity contribution >= 4 is 23.9 Å². The van der Waals surface area contributed by atoms with Crippen LogP contribution >= 0.6 is 0 Å². The molecule has 0 heterocycles. The number of aryl methyl sites for hydroxylation is 1. The Balaban J connectivity index is 3.40. The molecule has 0 saturated heterocycles. The molecule has 0 bridgehead atoms. The maximum Gasteiger partial charge on any atom is 0.408 e. The van der Waals surface area contributed by atoms with E-state index in [1.54, 1.807) is 32.6 Å². The van der Waals surface area contributed by atoms with Gasteiger partial charge in [0.2, 0.25) is 11.8 Å². The lowest BCUT2D eigenvalue weighted by Gasteiger charge is -2.35. The summed E-state index contributed by atoms with van der Waals surface area (Å²) < 4.78 is 10.4. The summed E-state index contributed by atoms with van der Waals surface area (Å²) in [6.45, 7) is 15.4. The van der Waals surface area contributed by atoms with Gasteiger partial charge in [-0.15, -0.1) is 0 Å². The van der Waals surface area contributed by atoms with E-state index in [1.807, 2.05) is 45.0 Å². The van der Waals surface area contributed by atoms with E-state index in [2.05, 4.69) is 17.6 Å². The van der Waals surface area contributed by atoms with Gasteiger partial charge in [-0.25, -0.2) is 4.79 Å². The number of alkyl carbamates (subject to hydrolysis) is 1. The zero-order valence-corrected chi connectivity index (χ0v) is 25.1. The van der Waals surface area contributed by atoms with Gasteiger partial charge in [-0.05, 0) is 52.5 Å². The number of amides is 3. The van der Waals surface area contributed by atoms with Gasteiger partial charge in [-0.1, -0.05) is 69.9 Å². The molecule has 0 radical (unpaired) electrons. The number of carbonyl (C=O) groups excluding carboxylic acids is 4. The average Bonchev–Trinajstić information content (AvgIpc) is 2.83. The molecule has 2 atom stereocenters. The van der Waals surface area contributed by atoms with Crippen LogP contribution in [0.4, 0.5) is 4.79 Å². The van der Waals surface area contributed by atoms with E-state index in [4.69, 9.17) is 9.47 Å². The predicted octanol–water partition coefficient (Wildman–Crippen LogP) is 5.06. The first-order chi connectivity index (χ1) is 18.3. The Kier molecular flexibility index (Phi) is 14.6. The Bertz CT molecular complexity index is 941. The van der Waals surface area contributed by atoms with E-state index in [9.17, 15) is 19.2 Å². The van der Waals surface area contributed by atoms with Crippen LogP contribution in [0.2, 0.25) is 0 Å². The Labute approximate surface area is 234 Å². The minimum atomic E-state index is -0.942. The van der Waals surface area contributed by atoms with E-state index in [-0.39, 0.29) is 31.4 Å². The van der Waals surface area contributed by atoms with E-state index in [0.717, 1.165) is 24.8 Å². The van der Waals surface area contributed by atoms with Crippen LogP contribution in [0.3, 0.4) is 0 Å². The van der Waals surface area contributed by atoms with Crippen LogP contribution in [-0.4, -0.2) is 60.1 Å². The van der Waals surface area contributed by atoms with E-state index >= 15 is 0 Å². The summed E-state index contributed by atoms with van der Waals surface area (Å²) in [7, 11) is 0. The van der Waals surface area contributed by atoms with Gasteiger partial charge in [-0.3, -0.25) is 14.4 Å². The number of rotatable bonds is 15. The third-order valence-electron chi connectivity index (χ3n) is 5.99. The molecule has 9 heteroatoms. The highest BCUT2D eigenvalue weighted by Gasteiger charge is 2.37. The van der Waals surface area contributed by atoms with Gasteiger partial charge < -0.3 is 25.0 Å². The normalized spacial score (nSPS) is 12.8. The summed E-state index contributed by atoms with van der Waals surface area (Å²) in [5.74, 6) is -1.42. The molecule has 2 unspecified atom stereocenters. The van der Waals surface area contributed by atoms with Crippen molar-refractivity contribution in [2.75, 3.05) is 19.7 Å². The highest BCUT2D eigenvalue weighted by Crippen LogP contribution is 2.25. The van der Waals surface area contributed by atoms with Gasteiger partial charge in [0.05, 0.1) is 13.0 Å². The molecule has 3 amide bonds. The Morgan fingerprint density at radius 3 is 2.28 bits per heavy atom. The number of benzene rings is 1. The molecule has 0 aliphatic heterocycles. The molecule has 0 spiro atoms. The molecule has 39 heavy (non-hydrogen) atoms. The Hall–Kier alpha value is -3.10. The quantitative estimate of drug-likeness (QED) is 0.234. The van der Waals surface area contributed by atoms with Gasteiger partial charge >= 0.3 is 12.1 Å². The van der Waals surface area contributed by atoms with Crippen LogP contribution in [0.25, 0.3) is 0 Å². The maximum absolute atomic E-state index is 14.1. The van der Waals surface area contributed by atoms with Gasteiger partial charge in [0.15, 0.2) is 0 Å². The summed E-state index contributed by atoms with van der Waals surface area (Å²) in [6.07, 6.45) is 2.98. The molecule has 0 aliphatic carbocycles. The zero-order chi connectivity index (χ0) is 29.6. The largest absolute Gasteiger partial charge is 0.466 e. The second-order valence-corrected chi connectivity index (χ2v) is 11.1. The first kappa shape index (κ1) is 33.9. The zero-order valence-electron chi connectivity index (χ0n) is 25.1. The summed E-state index contributed by atoms with van der Waals surface area (Å²) in [4.78, 5) is 53.8. The number of esters is 1. The van der Waals surface area contributed by atoms with Crippen LogP contribution in [-0.2, 0) is 23.9 Å². The summed E-state index contributed by atoms with van der Waals surface area (Å²) in [6, 6.07) is 5.64. The molecule has 0 saturated carbocycles. The van der Waals surface area contributed by atoms with Crippen LogP contribution in [0.1, 0.15) is 97.7 Å². The highest BCUT2D eigenvalue weighted by molar-refractivity contribution is 5.92. The first-order valence-electron chi connectivity index (χ1n) is 14.1. The standard InChI is InChI=1S/C30H49N3O6/c1-9-11-12-13-19-33(28(36)25(21(3)4)32-29(37)39-30(6,7)8)26(23-16-14-15-22(5)20-23)27(35)31-18-17-24(34)38-10-2/h14-16,20-21,25-26H,9-13,17-19H2,1-8H3,(H,31,35)(H,32,37). The number of hydrogen-bond acceptors (Lipinski definition) is 6. The molecule has 1 aromatic carbocycles. The van der Waals surface area contributed by atoms with Crippen LogP contribution < -0.4 is 10.6 Å². The fourth-order valence-corrected chi connectivity index (χ4v) is 4.13. The summed E-state index contributed by atoms with van der Waals surface area (Å²) in [5.41, 5.74) is 0.881. The molecule has 220 valence electrons. The van der Waals surface area contributed by atoms with Crippen molar-refractivity contribution in [1.82, 2.24) is 15.5 Å². The van der Waals surface area contributed by atoms with Crippen molar-refractivity contribution in [2.45, 2.75) is 105 Å². The minimum absolute atomic E-state index is 0.0272. The number of carbonyl (C=O) groups is 4. The van der Waals surface area contributed by atoms with Crippen LogP contribution in [0.5, 0.6) is 0 Å². The minimum Gasteiger partial charge on any atom is -0.466 e. The van der Waals surface area contributed by atoms with Crippen LogP contribution in [0.15, 0.2) is 24.3 Å². The maximum atomic E-state index is 14.1. The number of ether oxygens (including phenoxy) is 2. The lowest BCUT2D eigenvalue weighted by atomic mass is 9.97. The van der Waals surface area contributed by atoms with E-state index in [0.29, 0.717) is 18.5 Å². The SMILES string of the molecule is CCCCCCN(C(=O)C(NC(=O)OC(C)(C)C)C(C)C)C(C(=O)NCCC(=O)OCC)c1cccc(C)c1. The Morgan fingerprint density at radius 2 is 1.72 bits per heavy atom. The third-order valence-corrected chi connectivity index (χ3v) is 5.99. The number of hydrogen-bond donors (Lipinski definition) is 2. The topological polar surface area (TPSA) is 114 Å². The van der Waals surface area contributed by atoms with Gasteiger partial charge in [0, 0.05) is 13.1 Å². The second-order valence-electron chi connectivity index (χ2n) is 11.1. The second kappa shape index (κ2) is 16.8. The fraction of sp³-hybridized carbons (Fsp3) is 0.667. The average molecular weight is 548 g/mol. The molecule has 0 aromatic heterocycles. The first-order valence-corrected chi connectivity index (χ1v) is 14.1. The lowest BCUT2D eigenvalue weighted by molar-refractivity contribution is -0.144. The van der Waals surface area contributed by atoms with Crippen molar-refractivity contribution in [3.8, 4) is 0 Å². The molecule has 1 aromatic rings. The van der Waals surface area contributed by atoms with E-state index in [1.165, 1.54) is 0 Å². The molecular weight excluding hydrogens is 498 g/mol. The molecular formula is C30H49N3O6. The van der Waals surface area contributed by atoms with Gasteiger partial charge in [-0.2, -0.15) is 0 Å². The number of unbranched alkanes of at least 4 members (excludes halogenated alkanes) is 3. The van der Waals surface area contributed by atoms with Crippen molar-refractivity contribution < 1.29 is 28.7 Å². The van der Waals surface area contributed by atoms with Crippen molar-refractivity contribution in [2.24, 2.45) is 5.92 Å². The lowest BCUT2D eigenvalue weighted by Crippen LogP contribution is -2.55. The summed E-state index contributed by atoms with van der Waals surface area (Å²) >= 11 is 0. The van der Waals surface area contributed by atoms with Crippen molar-refractivity contribution in [1.29, 1.82) is 0 Å². The van der Waals surface area contributed by atoms with Crippen LogP contribution in [0, 0.1) is 12.8 Å². The molecule has 0 aliphatic rings. The monoisotopic (exact) mass is 547 g/mol. The number of nitrogens with zero attached hydrogens (tertiary/aromatic N) is 1. The van der Waals surface area contributed by atoms with Gasteiger partial charge in [0.1, 0.15) is 17.7 Å². The predicted molar refractivity (Wildman–Crippen MR) is 152 cm³/mol. The number of nitrogens with one attached hydrogen (secondary N) is 2. The third kappa shape index (κ3) is 12.5. The molecule has 2 N–H and O–H groups in total. The Morgan fingerprint density at radius 1 is 1.03 bits per heavy atom. The van der Waals surface area contributed by atoms with Crippen molar-refractivity contribution in [3.63, 3.8) is 0 Å². The molecule has 1 rings (SSSR count). The molecule has 9 nitrogen and oxygen atoms in total. The van der Waals surface area contributed by atoms with Gasteiger partial charge in [0.25, 0.3) is 0 Å². The summed E-state index contributed by atoms with van der Waals surface area (Å²) in [5, 5.41) is 5.56. The molecule has 0 fully saturated rings.